The van der Waals surface area contributed by atoms with Crippen LogP contribution < -0.4 is 10.6 Å². The third-order valence-corrected chi connectivity index (χ3v) is 3.21. The zero-order valence-electron chi connectivity index (χ0n) is 15.1. The van der Waals surface area contributed by atoms with Crippen molar-refractivity contribution in [2.75, 3.05) is 12.4 Å². The summed E-state index contributed by atoms with van der Waals surface area (Å²) in [6.45, 7) is 9.92. The minimum absolute atomic E-state index is 0.00470. The van der Waals surface area contributed by atoms with E-state index in [1.54, 1.807) is 12.1 Å². The lowest BCUT2D eigenvalue weighted by molar-refractivity contribution is -0.137. The Balaban J connectivity index is 2.82. The highest BCUT2D eigenvalue weighted by atomic mass is 16.5. The highest BCUT2D eigenvalue weighted by Crippen LogP contribution is 2.26. The fourth-order valence-electron chi connectivity index (χ4n) is 2.79. The summed E-state index contributed by atoms with van der Waals surface area (Å²) in [5, 5.41) is 5.19. The zero-order valence-corrected chi connectivity index (χ0v) is 15.1. The molecule has 0 saturated heterocycles. The van der Waals surface area contributed by atoms with E-state index in [4.69, 9.17) is 0 Å². The summed E-state index contributed by atoms with van der Waals surface area (Å²) in [5.74, 6) is -2.16. The molecule has 0 aromatic heterocycles. The van der Waals surface area contributed by atoms with Crippen LogP contribution in [-0.4, -0.2) is 30.4 Å². The molecule has 2 amide bonds. The molecule has 0 unspecified atom stereocenters. The zero-order chi connectivity index (χ0) is 18.5. The fourth-order valence-corrected chi connectivity index (χ4v) is 2.79. The molecule has 0 fully saturated rings. The lowest BCUT2D eigenvalue weighted by Crippen LogP contribution is -2.49. The Hall–Kier alpha value is -2.37. The first-order valence-electron chi connectivity index (χ1n) is 7.76. The van der Waals surface area contributed by atoms with Gasteiger partial charge in [-0.25, -0.2) is 4.79 Å². The van der Waals surface area contributed by atoms with E-state index in [0.717, 1.165) is 0 Å². The Morgan fingerprint density at radius 2 is 1.58 bits per heavy atom. The number of methoxy groups -OCH3 is 1. The molecule has 1 aromatic carbocycles. The van der Waals surface area contributed by atoms with Gasteiger partial charge in [0.2, 0.25) is 0 Å². The number of carbonyl (C=O) groups is 3. The van der Waals surface area contributed by atoms with Gasteiger partial charge in [-0.15, -0.1) is 0 Å². The Morgan fingerprint density at radius 1 is 1.00 bits per heavy atom. The van der Waals surface area contributed by atoms with Crippen LogP contribution in [0.2, 0.25) is 0 Å². The number of carbonyl (C=O) groups excluding carboxylic acids is 3. The van der Waals surface area contributed by atoms with E-state index < -0.39 is 23.3 Å². The first-order chi connectivity index (χ1) is 10.9. The van der Waals surface area contributed by atoms with Crippen LogP contribution in [0.1, 0.15) is 51.4 Å². The second kappa shape index (κ2) is 7.47. The van der Waals surface area contributed by atoms with Gasteiger partial charge in [0, 0.05) is 5.54 Å². The normalized spacial score (nSPS) is 11.6. The number of hydrogen-bond acceptors (Lipinski definition) is 4. The number of anilines is 1. The summed E-state index contributed by atoms with van der Waals surface area (Å²) in [4.78, 5) is 36.0. The second-order valence-electron chi connectivity index (χ2n) is 7.57. The molecule has 0 spiro atoms. The van der Waals surface area contributed by atoms with E-state index in [2.05, 4.69) is 36.1 Å². The van der Waals surface area contributed by atoms with Gasteiger partial charge in [0.15, 0.2) is 0 Å². The molecular formula is C18H26N2O4. The van der Waals surface area contributed by atoms with Crippen molar-refractivity contribution in [3.8, 4) is 0 Å². The van der Waals surface area contributed by atoms with Gasteiger partial charge in [-0.1, -0.05) is 32.9 Å². The van der Waals surface area contributed by atoms with Crippen LogP contribution >= 0.6 is 0 Å². The van der Waals surface area contributed by atoms with E-state index in [-0.39, 0.29) is 16.7 Å². The number of benzene rings is 1. The van der Waals surface area contributed by atoms with Crippen LogP contribution in [0, 0.1) is 5.41 Å². The smallest absolute Gasteiger partial charge is 0.339 e. The van der Waals surface area contributed by atoms with Crippen LogP contribution in [0.5, 0.6) is 0 Å². The van der Waals surface area contributed by atoms with Crippen molar-refractivity contribution in [2.24, 2.45) is 5.41 Å². The Bertz CT molecular complexity index is 630. The Morgan fingerprint density at radius 3 is 2.12 bits per heavy atom. The molecule has 0 aliphatic carbocycles. The van der Waals surface area contributed by atoms with Crippen molar-refractivity contribution >= 4 is 23.5 Å². The van der Waals surface area contributed by atoms with Crippen LogP contribution in [0.15, 0.2) is 24.3 Å². The molecule has 1 aromatic rings. The number of rotatable bonds is 4. The molecule has 1 rings (SSSR count). The SMILES string of the molecule is COC(=O)c1ccccc1NC(=O)C(=O)NC(C)(C)CC(C)(C)C. The van der Waals surface area contributed by atoms with Gasteiger partial charge in [-0.05, 0) is 37.8 Å². The molecule has 0 bridgehead atoms. The number of nitrogens with one attached hydrogen (secondary N) is 2. The maximum atomic E-state index is 12.2. The molecule has 0 saturated carbocycles. The second-order valence-corrected chi connectivity index (χ2v) is 7.57. The summed E-state index contributed by atoms with van der Waals surface area (Å²) in [6, 6.07) is 6.36. The molecular weight excluding hydrogens is 308 g/mol. The van der Waals surface area contributed by atoms with Crippen molar-refractivity contribution in [3.63, 3.8) is 0 Å². The monoisotopic (exact) mass is 334 g/mol. The predicted molar refractivity (Wildman–Crippen MR) is 92.7 cm³/mol. The average Bonchev–Trinajstić information content (AvgIpc) is 2.43. The molecule has 132 valence electrons. The average molecular weight is 334 g/mol. The molecule has 6 heteroatoms. The largest absolute Gasteiger partial charge is 0.465 e. The minimum Gasteiger partial charge on any atom is -0.465 e. The fraction of sp³-hybridized carbons (Fsp3) is 0.500. The highest BCUT2D eigenvalue weighted by molar-refractivity contribution is 6.40. The molecule has 6 nitrogen and oxygen atoms in total. The highest BCUT2D eigenvalue weighted by Gasteiger charge is 2.29. The van der Waals surface area contributed by atoms with Gasteiger partial charge in [0.05, 0.1) is 18.4 Å². The van der Waals surface area contributed by atoms with E-state index in [0.29, 0.717) is 6.42 Å². The topological polar surface area (TPSA) is 84.5 Å². The minimum atomic E-state index is -0.826. The Labute approximate surface area is 143 Å². The van der Waals surface area contributed by atoms with Crippen molar-refractivity contribution < 1.29 is 19.1 Å². The maximum absolute atomic E-state index is 12.2. The molecule has 0 atom stereocenters. The van der Waals surface area contributed by atoms with E-state index >= 15 is 0 Å². The van der Waals surface area contributed by atoms with Gasteiger partial charge < -0.3 is 15.4 Å². The first kappa shape index (κ1) is 19.7. The van der Waals surface area contributed by atoms with Crippen LogP contribution in [0.4, 0.5) is 5.69 Å². The van der Waals surface area contributed by atoms with E-state index in [9.17, 15) is 14.4 Å². The summed E-state index contributed by atoms with van der Waals surface area (Å²) in [5.41, 5.74) is -0.104. The maximum Gasteiger partial charge on any atom is 0.339 e. The van der Waals surface area contributed by atoms with Crippen molar-refractivity contribution in [1.82, 2.24) is 5.32 Å². The van der Waals surface area contributed by atoms with Crippen molar-refractivity contribution in [2.45, 2.75) is 46.6 Å². The first-order valence-corrected chi connectivity index (χ1v) is 7.76. The Kier molecular flexibility index (Phi) is 6.12. The van der Waals surface area contributed by atoms with Crippen molar-refractivity contribution in [1.29, 1.82) is 0 Å². The van der Waals surface area contributed by atoms with Gasteiger partial charge in [-0.2, -0.15) is 0 Å². The molecule has 0 radical (unpaired) electrons. The quantitative estimate of drug-likeness (QED) is 0.655. The summed E-state index contributed by atoms with van der Waals surface area (Å²) >= 11 is 0. The van der Waals surface area contributed by atoms with E-state index in [1.165, 1.54) is 19.2 Å². The molecule has 0 aliphatic heterocycles. The van der Waals surface area contributed by atoms with Gasteiger partial charge in [0.1, 0.15) is 0 Å². The number of para-hydroxylation sites is 1. The molecule has 0 heterocycles. The van der Waals surface area contributed by atoms with Crippen molar-refractivity contribution in [3.05, 3.63) is 29.8 Å². The third kappa shape index (κ3) is 6.02. The standard InChI is InChI=1S/C18H26N2O4/c1-17(2,3)11-18(4,5)20-15(22)14(21)19-13-10-8-7-9-12(13)16(23)24-6/h7-10H,11H2,1-6H3,(H,19,21)(H,20,22). The number of ether oxygens (including phenoxy) is 1. The number of amides is 2. The van der Waals surface area contributed by atoms with Crippen LogP contribution in [0.25, 0.3) is 0 Å². The van der Waals surface area contributed by atoms with Gasteiger partial charge in [0.25, 0.3) is 0 Å². The summed E-state index contributed by atoms with van der Waals surface area (Å²) < 4.78 is 4.66. The van der Waals surface area contributed by atoms with Gasteiger partial charge in [-0.3, -0.25) is 9.59 Å². The summed E-state index contributed by atoms with van der Waals surface area (Å²) in [6.07, 6.45) is 0.706. The lowest BCUT2D eigenvalue weighted by atomic mass is 9.82. The lowest BCUT2D eigenvalue weighted by Gasteiger charge is -2.33. The van der Waals surface area contributed by atoms with Crippen LogP contribution in [0.3, 0.4) is 0 Å². The van der Waals surface area contributed by atoms with Crippen LogP contribution in [-0.2, 0) is 14.3 Å². The third-order valence-electron chi connectivity index (χ3n) is 3.21. The molecule has 2 N–H and O–H groups in total. The molecule has 0 aliphatic rings. The predicted octanol–water partition coefficient (Wildman–Crippen LogP) is 2.74. The summed E-state index contributed by atoms with van der Waals surface area (Å²) in [7, 11) is 1.25. The van der Waals surface area contributed by atoms with E-state index in [1.807, 2.05) is 13.8 Å². The molecule has 24 heavy (non-hydrogen) atoms. The number of hydrogen-bond donors (Lipinski definition) is 2. The number of esters is 1. The van der Waals surface area contributed by atoms with Gasteiger partial charge >= 0.3 is 17.8 Å².